The molecule has 0 aliphatic rings. The largest absolute Gasteiger partial charge is 0.101 e. The summed E-state index contributed by atoms with van der Waals surface area (Å²) < 4.78 is 0. The molecule has 0 amide bonds. The summed E-state index contributed by atoms with van der Waals surface area (Å²) >= 11 is 0. The highest BCUT2D eigenvalue weighted by Gasteiger charge is 2.05. The Morgan fingerprint density at radius 2 is 1.06 bits per heavy atom. The van der Waals surface area contributed by atoms with Crippen molar-refractivity contribution in [3.8, 4) is 0 Å². The molecule has 0 aromatic heterocycles. The minimum absolute atomic E-state index is 1.03. The molecule has 1 atom stereocenters. The number of hydrogen-bond donors (Lipinski definition) is 0. The fourth-order valence-electron chi connectivity index (χ4n) is 2.63. The Balaban J connectivity index is 3.28. The van der Waals surface area contributed by atoms with Crippen molar-refractivity contribution in [3.63, 3.8) is 0 Å². The summed E-state index contributed by atoms with van der Waals surface area (Å²) in [4.78, 5) is 0. The van der Waals surface area contributed by atoms with E-state index in [0.717, 1.165) is 5.92 Å². The van der Waals surface area contributed by atoms with Crippen LogP contribution in [0.3, 0.4) is 0 Å². The van der Waals surface area contributed by atoms with Gasteiger partial charge in [0.1, 0.15) is 7.85 Å². The monoisotopic (exact) mass is 238 g/mol. The maximum absolute atomic E-state index is 2.38. The Bertz CT molecular complexity index is 133. The smallest absolute Gasteiger partial charge is 0.0783 e. The molecule has 0 radical (unpaired) electrons. The molecule has 1 unspecified atom stereocenters. The fourth-order valence-corrected chi connectivity index (χ4v) is 2.63. The van der Waals surface area contributed by atoms with Crippen LogP contribution < -0.4 is 0 Å². The molecular weight excluding hydrogens is 203 g/mol. The van der Waals surface area contributed by atoms with Gasteiger partial charge in [-0.1, -0.05) is 97.2 Å². The molecule has 0 aliphatic carbocycles. The molecule has 0 rings (SSSR count). The normalized spacial score (nSPS) is 12.8. The van der Waals surface area contributed by atoms with Crippen LogP contribution in [0.15, 0.2) is 0 Å². The van der Waals surface area contributed by atoms with E-state index < -0.39 is 0 Å². The van der Waals surface area contributed by atoms with E-state index in [1.807, 2.05) is 0 Å². The summed E-state index contributed by atoms with van der Waals surface area (Å²) in [6.07, 6.45) is 18.8. The van der Waals surface area contributed by atoms with Crippen LogP contribution in [0.25, 0.3) is 0 Å². The molecule has 0 aromatic rings. The number of unbranched alkanes of at least 4 members (excludes halogenated alkanes) is 8. The van der Waals surface area contributed by atoms with E-state index in [1.165, 1.54) is 83.4 Å². The summed E-state index contributed by atoms with van der Waals surface area (Å²) in [5.41, 5.74) is 0. The summed E-state index contributed by atoms with van der Waals surface area (Å²) in [7, 11) is 2.38. The molecule has 0 aliphatic heterocycles. The van der Waals surface area contributed by atoms with Crippen molar-refractivity contribution in [1.29, 1.82) is 0 Å². The van der Waals surface area contributed by atoms with Gasteiger partial charge in [0.2, 0.25) is 0 Å². The first-order valence-corrected chi connectivity index (χ1v) is 8.35. The highest BCUT2D eigenvalue weighted by Crippen LogP contribution is 2.20. The molecule has 0 N–H and O–H groups in total. The van der Waals surface area contributed by atoms with Crippen LogP contribution in [0.1, 0.15) is 90.9 Å². The lowest BCUT2D eigenvalue weighted by molar-refractivity contribution is 0.434. The van der Waals surface area contributed by atoms with Gasteiger partial charge in [0.05, 0.1) is 0 Å². The van der Waals surface area contributed by atoms with Crippen molar-refractivity contribution in [2.24, 2.45) is 5.92 Å². The van der Waals surface area contributed by atoms with Gasteiger partial charge in [0, 0.05) is 0 Å². The Labute approximate surface area is 111 Å². The van der Waals surface area contributed by atoms with Gasteiger partial charge in [0.15, 0.2) is 0 Å². The molecule has 102 valence electrons. The summed E-state index contributed by atoms with van der Waals surface area (Å²) in [5, 5.41) is 0. The maximum atomic E-state index is 2.38. The molecule has 0 nitrogen and oxygen atoms in total. The molecular formula is C16H35B. The van der Waals surface area contributed by atoms with Crippen molar-refractivity contribution < 1.29 is 0 Å². The van der Waals surface area contributed by atoms with E-state index in [9.17, 15) is 0 Å². The first-order chi connectivity index (χ1) is 8.35. The van der Waals surface area contributed by atoms with Crippen LogP contribution >= 0.6 is 0 Å². The van der Waals surface area contributed by atoms with Crippen LogP contribution in [0.5, 0.6) is 0 Å². The Kier molecular flexibility index (Phi) is 14.2. The van der Waals surface area contributed by atoms with Gasteiger partial charge in [-0.05, 0) is 5.92 Å². The minimum atomic E-state index is 1.03. The average Bonchev–Trinajstić information content (AvgIpc) is 2.36. The van der Waals surface area contributed by atoms with Crippen LogP contribution in [-0.4, -0.2) is 7.85 Å². The maximum Gasteiger partial charge on any atom is 0.101 e. The molecule has 0 saturated carbocycles. The fraction of sp³-hybridized carbons (Fsp3) is 1.00. The van der Waals surface area contributed by atoms with Crippen LogP contribution in [0, 0.1) is 5.92 Å². The van der Waals surface area contributed by atoms with Crippen LogP contribution in [-0.2, 0) is 0 Å². The van der Waals surface area contributed by atoms with Crippen molar-refractivity contribution >= 4 is 7.85 Å². The SMILES string of the molecule is BCC(CCCCCC)CCCCCCCC. The topological polar surface area (TPSA) is 0 Å². The summed E-state index contributed by atoms with van der Waals surface area (Å²) in [6, 6.07) is 0. The molecule has 0 aromatic carbocycles. The second-order valence-electron chi connectivity index (χ2n) is 5.68. The average molecular weight is 238 g/mol. The first kappa shape index (κ1) is 17.1. The highest BCUT2D eigenvalue weighted by atomic mass is 14.1. The van der Waals surface area contributed by atoms with Gasteiger partial charge >= 0.3 is 0 Å². The third-order valence-electron chi connectivity index (χ3n) is 4.01. The highest BCUT2D eigenvalue weighted by molar-refractivity contribution is 6.08. The molecule has 0 heterocycles. The van der Waals surface area contributed by atoms with E-state index >= 15 is 0 Å². The van der Waals surface area contributed by atoms with Crippen molar-refractivity contribution in [2.75, 3.05) is 0 Å². The number of hydrogen-bond acceptors (Lipinski definition) is 0. The third-order valence-corrected chi connectivity index (χ3v) is 4.01. The van der Waals surface area contributed by atoms with Gasteiger partial charge in [-0.15, -0.1) is 0 Å². The van der Waals surface area contributed by atoms with Crippen LogP contribution in [0.2, 0.25) is 6.32 Å². The van der Waals surface area contributed by atoms with Crippen molar-refractivity contribution in [2.45, 2.75) is 97.2 Å². The molecule has 1 heteroatoms. The van der Waals surface area contributed by atoms with Crippen molar-refractivity contribution in [3.05, 3.63) is 0 Å². The quantitative estimate of drug-likeness (QED) is 0.298. The predicted octanol–water partition coefficient (Wildman–Crippen LogP) is 5.38. The Hall–Kier alpha value is 0.0649. The zero-order valence-electron chi connectivity index (χ0n) is 12.8. The molecule has 0 fully saturated rings. The van der Waals surface area contributed by atoms with Crippen LogP contribution in [0.4, 0.5) is 0 Å². The molecule has 0 spiro atoms. The molecule has 0 bridgehead atoms. The van der Waals surface area contributed by atoms with Crippen molar-refractivity contribution in [1.82, 2.24) is 0 Å². The zero-order valence-corrected chi connectivity index (χ0v) is 12.8. The zero-order chi connectivity index (χ0) is 12.8. The lowest BCUT2D eigenvalue weighted by Crippen LogP contribution is -2.00. The van der Waals surface area contributed by atoms with Gasteiger partial charge in [-0.2, -0.15) is 0 Å². The third kappa shape index (κ3) is 12.3. The second kappa shape index (κ2) is 14.1. The standard InChI is InChI=1S/C16H35B/c1-3-5-7-9-10-12-14-16(15-17)13-11-8-6-4-2/h16H,3-15,17H2,1-2H3. The summed E-state index contributed by atoms with van der Waals surface area (Å²) in [5.74, 6) is 1.03. The molecule has 0 saturated heterocycles. The number of rotatable bonds is 13. The Morgan fingerprint density at radius 3 is 1.53 bits per heavy atom. The van der Waals surface area contributed by atoms with E-state index in [1.54, 1.807) is 0 Å². The van der Waals surface area contributed by atoms with Gasteiger partial charge < -0.3 is 0 Å². The second-order valence-corrected chi connectivity index (χ2v) is 5.68. The van der Waals surface area contributed by atoms with E-state index in [4.69, 9.17) is 0 Å². The van der Waals surface area contributed by atoms with E-state index in [2.05, 4.69) is 21.7 Å². The lowest BCUT2D eigenvalue weighted by Gasteiger charge is -2.14. The first-order valence-electron chi connectivity index (χ1n) is 8.35. The molecule has 17 heavy (non-hydrogen) atoms. The van der Waals surface area contributed by atoms with Gasteiger partial charge in [-0.25, -0.2) is 0 Å². The lowest BCUT2D eigenvalue weighted by atomic mass is 9.83. The predicted molar refractivity (Wildman–Crippen MR) is 83.6 cm³/mol. The van der Waals surface area contributed by atoms with Gasteiger partial charge in [-0.3, -0.25) is 0 Å². The van der Waals surface area contributed by atoms with Gasteiger partial charge in [0.25, 0.3) is 0 Å². The van der Waals surface area contributed by atoms with E-state index in [-0.39, 0.29) is 0 Å². The van der Waals surface area contributed by atoms with E-state index in [0.29, 0.717) is 0 Å². The minimum Gasteiger partial charge on any atom is -0.0783 e. The summed E-state index contributed by atoms with van der Waals surface area (Å²) in [6.45, 7) is 4.59. The Morgan fingerprint density at radius 1 is 0.647 bits per heavy atom.